The molecule has 1 heterocycles. The Morgan fingerprint density at radius 2 is 2.07 bits per heavy atom. The Bertz CT molecular complexity index is 184. The summed E-state index contributed by atoms with van der Waals surface area (Å²) in [4.78, 5) is 16.7. The minimum atomic E-state index is 0.524. The van der Waals surface area contributed by atoms with Crippen molar-refractivity contribution in [3.8, 4) is 0 Å². The molecule has 1 rings (SSSR count). The van der Waals surface area contributed by atoms with Crippen LogP contribution in [0.5, 0.6) is 0 Å². The second kappa shape index (κ2) is 5.32. The summed E-state index contributed by atoms with van der Waals surface area (Å²) in [6.07, 6.45) is 3.04. The van der Waals surface area contributed by atoms with Gasteiger partial charge >= 0.3 is 6.41 Å². The maximum atomic E-state index is 10.4. The van der Waals surface area contributed by atoms with E-state index in [0.29, 0.717) is 6.04 Å². The predicted molar refractivity (Wildman–Crippen MR) is 56.9 cm³/mol. The molecule has 1 aliphatic heterocycles. The standard InChI is InChI=1S/C10H20N3O/c1-11(2)6-7-12(3)10-4-5-13(8-10)9-14/h10H,4-8H2,1-3H3/t10-/m0/s1. The van der Waals surface area contributed by atoms with E-state index in [2.05, 4.69) is 30.9 Å². The van der Waals surface area contributed by atoms with Gasteiger partial charge in [0.2, 0.25) is 0 Å². The van der Waals surface area contributed by atoms with Gasteiger partial charge in [-0.3, -0.25) is 4.79 Å². The van der Waals surface area contributed by atoms with Crippen molar-refractivity contribution < 1.29 is 4.79 Å². The molecule has 4 nitrogen and oxygen atoms in total. The lowest BCUT2D eigenvalue weighted by Crippen LogP contribution is -2.38. The molecule has 81 valence electrons. The molecule has 14 heavy (non-hydrogen) atoms. The van der Waals surface area contributed by atoms with Crippen molar-refractivity contribution in [3.05, 3.63) is 0 Å². The van der Waals surface area contributed by atoms with Gasteiger partial charge in [-0.05, 0) is 27.6 Å². The van der Waals surface area contributed by atoms with Crippen LogP contribution in [0.15, 0.2) is 0 Å². The molecular formula is C10H20N3O. The van der Waals surface area contributed by atoms with Crippen LogP contribution in [0.2, 0.25) is 0 Å². The lowest BCUT2D eigenvalue weighted by Gasteiger charge is -2.25. The number of hydrogen-bond donors (Lipinski definition) is 0. The van der Waals surface area contributed by atoms with Crippen LogP contribution in [0.4, 0.5) is 0 Å². The molecular weight excluding hydrogens is 178 g/mol. The predicted octanol–water partition coefficient (Wildman–Crippen LogP) is -0.379. The van der Waals surface area contributed by atoms with Crippen LogP contribution < -0.4 is 0 Å². The maximum Gasteiger partial charge on any atom is 0.312 e. The zero-order valence-electron chi connectivity index (χ0n) is 9.36. The number of likely N-dealkylation sites (N-methyl/N-ethyl adjacent to an activating group) is 2. The Balaban J connectivity index is 2.24. The number of rotatable bonds is 5. The van der Waals surface area contributed by atoms with Crippen LogP contribution in [0.25, 0.3) is 0 Å². The average Bonchev–Trinajstić information content (AvgIpc) is 2.62. The van der Waals surface area contributed by atoms with Gasteiger partial charge in [0, 0.05) is 32.2 Å². The first-order chi connectivity index (χ1) is 6.63. The fraction of sp³-hybridized carbons (Fsp3) is 0.900. The molecule has 0 aromatic carbocycles. The highest BCUT2D eigenvalue weighted by Crippen LogP contribution is 2.12. The van der Waals surface area contributed by atoms with Crippen molar-refractivity contribution in [3.63, 3.8) is 0 Å². The Morgan fingerprint density at radius 3 is 2.57 bits per heavy atom. The molecule has 0 saturated carbocycles. The Hall–Kier alpha value is -0.610. The van der Waals surface area contributed by atoms with Gasteiger partial charge in [-0.1, -0.05) is 0 Å². The molecule has 1 amide bonds. The van der Waals surface area contributed by atoms with Gasteiger partial charge < -0.3 is 14.7 Å². The van der Waals surface area contributed by atoms with E-state index in [4.69, 9.17) is 0 Å². The zero-order valence-corrected chi connectivity index (χ0v) is 9.36. The van der Waals surface area contributed by atoms with E-state index in [9.17, 15) is 4.79 Å². The Morgan fingerprint density at radius 1 is 1.36 bits per heavy atom. The van der Waals surface area contributed by atoms with E-state index in [1.807, 2.05) is 6.41 Å². The van der Waals surface area contributed by atoms with Gasteiger partial charge in [-0.2, -0.15) is 0 Å². The highest BCUT2D eigenvalue weighted by atomic mass is 16.1. The molecule has 0 spiro atoms. The summed E-state index contributed by atoms with van der Waals surface area (Å²) in [5.41, 5.74) is 0. The first kappa shape index (κ1) is 11.5. The molecule has 0 N–H and O–H groups in total. The monoisotopic (exact) mass is 198 g/mol. The van der Waals surface area contributed by atoms with Gasteiger partial charge in [-0.15, -0.1) is 0 Å². The van der Waals surface area contributed by atoms with Crippen molar-refractivity contribution in [1.29, 1.82) is 0 Å². The third kappa shape index (κ3) is 3.27. The quantitative estimate of drug-likeness (QED) is 0.602. The minimum absolute atomic E-state index is 0.524. The SMILES string of the molecule is CN(C)CCN(C)[C@H]1CCN([C]=O)C1. The molecule has 1 aliphatic rings. The van der Waals surface area contributed by atoms with Crippen molar-refractivity contribution >= 4 is 6.41 Å². The van der Waals surface area contributed by atoms with Crippen LogP contribution in [0.3, 0.4) is 0 Å². The summed E-state index contributed by atoms with van der Waals surface area (Å²) in [6.45, 7) is 3.83. The molecule has 4 heteroatoms. The molecule has 0 aromatic rings. The van der Waals surface area contributed by atoms with Crippen molar-refractivity contribution in [2.45, 2.75) is 12.5 Å². The third-order valence-corrected chi connectivity index (χ3v) is 2.82. The number of carbonyl (C=O) groups excluding carboxylic acids is 1. The number of nitrogens with zero attached hydrogens (tertiary/aromatic N) is 3. The van der Waals surface area contributed by atoms with Crippen LogP contribution in [0.1, 0.15) is 6.42 Å². The number of hydrogen-bond acceptors (Lipinski definition) is 3. The highest BCUT2D eigenvalue weighted by molar-refractivity contribution is 5.48. The highest BCUT2D eigenvalue weighted by Gasteiger charge is 2.24. The smallest absolute Gasteiger partial charge is 0.312 e. The second-order valence-corrected chi connectivity index (χ2v) is 4.26. The molecule has 0 aliphatic carbocycles. The Labute approximate surface area is 86.5 Å². The molecule has 0 bridgehead atoms. The summed E-state index contributed by atoms with van der Waals surface area (Å²) in [5, 5.41) is 0. The van der Waals surface area contributed by atoms with Crippen LogP contribution in [-0.4, -0.2) is 74.5 Å². The van der Waals surface area contributed by atoms with E-state index in [-0.39, 0.29) is 0 Å². The molecule has 1 atom stereocenters. The van der Waals surface area contributed by atoms with E-state index < -0.39 is 0 Å². The topological polar surface area (TPSA) is 26.8 Å². The van der Waals surface area contributed by atoms with Gasteiger partial charge in [0.1, 0.15) is 0 Å². The van der Waals surface area contributed by atoms with E-state index in [1.54, 1.807) is 4.90 Å². The van der Waals surface area contributed by atoms with Crippen molar-refractivity contribution in [2.24, 2.45) is 0 Å². The first-order valence-electron chi connectivity index (χ1n) is 5.11. The Kier molecular flexibility index (Phi) is 4.35. The fourth-order valence-corrected chi connectivity index (χ4v) is 1.72. The van der Waals surface area contributed by atoms with Gasteiger partial charge in [0.25, 0.3) is 0 Å². The van der Waals surface area contributed by atoms with Gasteiger partial charge in [-0.25, -0.2) is 0 Å². The normalized spacial score (nSPS) is 22.4. The zero-order chi connectivity index (χ0) is 10.6. The lowest BCUT2D eigenvalue weighted by atomic mass is 10.2. The van der Waals surface area contributed by atoms with Gasteiger partial charge in [0.15, 0.2) is 0 Å². The second-order valence-electron chi connectivity index (χ2n) is 4.26. The molecule has 0 aromatic heterocycles. The van der Waals surface area contributed by atoms with Crippen LogP contribution in [0, 0.1) is 0 Å². The summed E-state index contributed by atoms with van der Waals surface area (Å²) in [5.74, 6) is 0. The number of amides is 1. The third-order valence-electron chi connectivity index (χ3n) is 2.82. The minimum Gasteiger partial charge on any atom is -0.333 e. The summed E-state index contributed by atoms with van der Waals surface area (Å²) < 4.78 is 0. The summed E-state index contributed by atoms with van der Waals surface area (Å²) in [7, 11) is 6.28. The lowest BCUT2D eigenvalue weighted by molar-refractivity contribution is 0.222. The summed E-state index contributed by atoms with van der Waals surface area (Å²) in [6, 6.07) is 0.524. The van der Waals surface area contributed by atoms with Crippen molar-refractivity contribution in [2.75, 3.05) is 47.3 Å². The van der Waals surface area contributed by atoms with E-state index in [1.165, 1.54) is 0 Å². The van der Waals surface area contributed by atoms with E-state index in [0.717, 1.165) is 32.6 Å². The fourth-order valence-electron chi connectivity index (χ4n) is 1.72. The van der Waals surface area contributed by atoms with Gasteiger partial charge in [0.05, 0.1) is 0 Å². The average molecular weight is 198 g/mol. The molecule has 1 radical (unpaired) electrons. The largest absolute Gasteiger partial charge is 0.333 e. The number of likely N-dealkylation sites (tertiary alicyclic amines) is 1. The maximum absolute atomic E-state index is 10.4. The first-order valence-corrected chi connectivity index (χ1v) is 5.11. The van der Waals surface area contributed by atoms with Crippen LogP contribution >= 0.6 is 0 Å². The molecule has 1 fully saturated rings. The van der Waals surface area contributed by atoms with Crippen molar-refractivity contribution in [1.82, 2.24) is 14.7 Å². The summed E-state index contributed by atoms with van der Waals surface area (Å²) >= 11 is 0. The van der Waals surface area contributed by atoms with Crippen LogP contribution in [-0.2, 0) is 4.79 Å². The molecule has 1 saturated heterocycles. The molecule has 0 unspecified atom stereocenters. The van der Waals surface area contributed by atoms with E-state index >= 15 is 0 Å².